The van der Waals surface area contributed by atoms with Crippen LogP contribution in [0.5, 0.6) is 5.75 Å². The van der Waals surface area contributed by atoms with E-state index in [1.165, 1.54) is 17.5 Å². The average molecular weight is 352 g/mol. The van der Waals surface area contributed by atoms with Crippen molar-refractivity contribution >= 4 is 33.2 Å². The number of hydrogen-bond donors (Lipinski definition) is 0. The van der Waals surface area contributed by atoms with E-state index in [1.807, 2.05) is 0 Å². The fraction of sp³-hybridized carbons (Fsp3) is 0.571. The Hall–Kier alpha value is -0.490. The molecule has 0 heterocycles. The molecule has 0 aliphatic heterocycles. The van der Waals surface area contributed by atoms with Gasteiger partial charge in [-0.2, -0.15) is 4.31 Å². The Morgan fingerprint density at radius 1 is 1.33 bits per heavy atom. The number of alkyl halides is 1. The zero-order valence-electron chi connectivity index (χ0n) is 12.1. The molecule has 1 saturated carbocycles. The first kappa shape index (κ1) is 16.9. The molecule has 0 aromatic heterocycles. The summed E-state index contributed by atoms with van der Waals surface area (Å²) in [6.45, 7) is 0. The van der Waals surface area contributed by atoms with Crippen molar-refractivity contribution < 1.29 is 13.2 Å². The number of benzene rings is 1. The number of rotatable bonds is 5. The van der Waals surface area contributed by atoms with E-state index >= 15 is 0 Å². The van der Waals surface area contributed by atoms with Gasteiger partial charge in [0.05, 0.1) is 13.0 Å². The van der Waals surface area contributed by atoms with E-state index in [4.69, 9.17) is 27.9 Å². The lowest BCUT2D eigenvalue weighted by molar-refractivity contribution is 0.364. The van der Waals surface area contributed by atoms with Gasteiger partial charge in [-0.3, -0.25) is 0 Å². The minimum Gasteiger partial charge on any atom is -0.495 e. The molecule has 1 aromatic carbocycles. The Morgan fingerprint density at radius 3 is 2.48 bits per heavy atom. The molecule has 1 fully saturated rings. The molecule has 21 heavy (non-hydrogen) atoms. The van der Waals surface area contributed by atoms with Gasteiger partial charge < -0.3 is 4.74 Å². The average Bonchev–Trinajstić information content (AvgIpc) is 2.99. The summed E-state index contributed by atoms with van der Waals surface area (Å²) in [5.74, 6) is 0.415. The van der Waals surface area contributed by atoms with Gasteiger partial charge in [-0.15, -0.1) is 11.6 Å². The van der Waals surface area contributed by atoms with E-state index in [0.29, 0.717) is 10.6 Å². The van der Waals surface area contributed by atoms with Gasteiger partial charge >= 0.3 is 0 Å². The molecule has 1 aliphatic rings. The Labute approximate surface area is 136 Å². The molecule has 1 aliphatic carbocycles. The first-order valence-electron chi connectivity index (χ1n) is 6.82. The summed E-state index contributed by atoms with van der Waals surface area (Å²) in [4.78, 5) is 0.0857. The Bertz CT molecular complexity index is 613. The quantitative estimate of drug-likeness (QED) is 0.760. The van der Waals surface area contributed by atoms with Gasteiger partial charge in [0.1, 0.15) is 10.6 Å². The highest BCUT2D eigenvalue weighted by molar-refractivity contribution is 7.89. The topological polar surface area (TPSA) is 46.6 Å². The highest BCUT2D eigenvalue weighted by Crippen LogP contribution is 2.36. The van der Waals surface area contributed by atoms with Crippen LogP contribution in [0.15, 0.2) is 17.0 Å². The van der Waals surface area contributed by atoms with Gasteiger partial charge in [0.25, 0.3) is 0 Å². The molecule has 1 aromatic rings. The summed E-state index contributed by atoms with van der Waals surface area (Å²) in [5, 5.41) is 0.338. The fourth-order valence-corrected chi connectivity index (χ4v) is 4.91. The van der Waals surface area contributed by atoms with Crippen molar-refractivity contribution in [1.29, 1.82) is 0 Å². The summed E-state index contributed by atoms with van der Waals surface area (Å²) >= 11 is 11.9. The Morgan fingerprint density at radius 2 is 1.95 bits per heavy atom. The Balaban J connectivity index is 2.50. The smallest absolute Gasteiger partial charge is 0.246 e. The number of halogens is 2. The molecule has 0 bridgehead atoms. The minimum atomic E-state index is -3.66. The molecule has 0 N–H and O–H groups in total. The van der Waals surface area contributed by atoms with E-state index in [1.54, 1.807) is 13.1 Å². The number of methoxy groups -OCH3 is 1. The third-order valence-corrected chi connectivity index (χ3v) is 6.36. The van der Waals surface area contributed by atoms with Crippen molar-refractivity contribution in [2.75, 3.05) is 14.2 Å². The van der Waals surface area contributed by atoms with Crippen molar-refractivity contribution in [3.63, 3.8) is 0 Å². The highest BCUT2D eigenvalue weighted by atomic mass is 35.5. The van der Waals surface area contributed by atoms with Crippen molar-refractivity contribution in [1.82, 2.24) is 4.31 Å². The van der Waals surface area contributed by atoms with Gasteiger partial charge in [-0.25, -0.2) is 8.42 Å². The van der Waals surface area contributed by atoms with Gasteiger partial charge in [0, 0.05) is 23.7 Å². The maximum absolute atomic E-state index is 12.9. The van der Waals surface area contributed by atoms with Gasteiger partial charge in [0.2, 0.25) is 10.0 Å². The van der Waals surface area contributed by atoms with E-state index in [9.17, 15) is 8.42 Å². The maximum Gasteiger partial charge on any atom is 0.246 e. The van der Waals surface area contributed by atoms with E-state index < -0.39 is 10.0 Å². The molecular weight excluding hydrogens is 333 g/mol. The number of hydrogen-bond acceptors (Lipinski definition) is 3. The van der Waals surface area contributed by atoms with E-state index in [2.05, 4.69) is 0 Å². The predicted molar refractivity (Wildman–Crippen MR) is 84.8 cm³/mol. The number of ether oxygens (including phenoxy) is 1. The molecular formula is C14H19Cl2NO3S. The second kappa shape index (κ2) is 6.73. The van der Waals surface area contributed by atoms with Crippen LogP contribution in [-0.2, 0) is 15.9 Å². The summed E-state index contributed by atoms with van der Waals surface area (Å²) < 4.78 is 32.4. The molecule has 0 unspecified atom stereocenters. The largest absolute Gasteiger partial charge is 0.495 e. The summed E-state index contributed by atoms with van der Waals surface area (Å²) in [5.41, 5.74) is 0.574. The van der Waals surface area contributed by atoms with Crippen LogP contribution in [0.25, 0.3) is 0 Å². The first-order chi connectivity index (χ1) is 9.91. The number of sulfonamides is 1. The highest BCUT2D eigenvalue weighted by Gasteiger charge is 2.33. The lowest BCUT2D eigenvalue weighted by atomic mass is 10.2. The lowest BCUT2D eigenvalue weighted by Crippen LogP contribution is -2.35. The second-order valence-electron chi connectivity index (χ2n) is 5.19. The van der Waals surface area contributed by atoms with Crippen LogP contribution in [-0.4, -0.2) is 32.9 Å². The third-order valence-electron chi connectivity index (χ3n) is 3.94. The van der Waals surface area contributed by atoms with Crippen LogP contribution in [0.1, 0.15) is 31.2 Å². The van der Waals surface area contributed by atoms with Crippen LogP contribution in [0.2, 0.25) is 5.02 Å². The van der Waals surface area contributed by atoms with Crippen LogP contribution >= 0.6 is 23.2 Å². The first-order valence-corrected chi connectivity index (χ1v) is 9.17. The zero-order valence-corrected chi connectivity index (χ0v) is 14.4. The maximum atomic E-state index is 12.9. The summed E-state index contributed by atoms with van der Waals surface area (Å²) in [7, 11) is -0.600. The van der Waals surface area contributed by atoms with E-state index in [-0.39, 0.29) is 22.6 Å². The third kappa shape index (κ3) is 3.31. The molecule has 118 valence electrons. The van der Waals surface area contributed by atoms with Crippen LogP contribution in [0, 0.1) is 0 Å². The van der Waals surface area contributed by atoms with Crippen molar-refractivity contribution in [2.45, 2.75) is 42.5 Å². The molecule has 0 radical (unpaired) electrons. The number of nitrogens with zero attached hydrogens (tertiary/aromatic N) is 1. The monoisotopic (exact) mass is 351 g/mol. The summed E-state index contributed by atoms with van der Waals surface area (Å²) in [6, 6.07) is 3.09. The predicted octanol–water partition coefficient (Wildman–Crippen LogP) is 3.65. The summed E-state index contributed by atoms with van der Waals surface area (Å²) in [6.07, 6.45) is 3.90. The van der Waals surface area contributed by atoms with E-state index in [0.717, 1.165) is 25.7 Å². The Kier molecular flexibility index (Phi) is 5.41. The SMILES string of the molecule is COc1c(CCl)cc(Cl)cc1S(=O)(=O)N(C)C1CCCC1. The van der Waals surface area contributed by atoms with Gasteiger partial charge in [-0.1, -0.05) is 24.4 Å². The zero-order chi connectivity index (χ0) is 15.6. The molecule has 7 heteroatoms. The fourth-order valence-electron chi connectivity index (χ4n) is 2.76. The molecule has 0 amide bonds. The normalized spacial score (nSPS) is 16.6. The van der Waals surface area contributed by atoms with Crippen LogP contribution in [0.3, 0.4) is 0 Å². The minimum absolute atomic E-state index is 0.0399. The van der Waals surface area contributed by atoms with Crippen molar-refractivity contribution in [3.05, 3.63) is 22.7 Å². The second-order valence-corrected chi connectivity index (χ2v) is 7.86. The molecule has 4 nitrogen and oxygen atoms in total. The van der Waals surface area contributed by atoms with Crippen LogP contribution in [0.4, 0.5) is 0 Å². The molecule has 0 atom stereocenters. The standard InChI is InChI=1S/C14H19Cl2NO3S/c1-17(12-5-3-4-6-12)21(18,19)13-8-11(16)7-10(9-15)14(13)20-2/h7-8,12H,3-6,9H2,1-2H3. The lowest BCUT2D eigenvalue weighted by Gasteiger charge is -2.25. The molecule has 0 spiro atoms. The van der Waals surface area contributed by atoms with Crippen molar-refractivity contribution in [2.24, 2.45) is 0 Å². The van der Waals surface area contributed by atoms with Gasteiger partial charge in [0.15, 0.2) is 0 Å². The van der Waals surface area contributed by atoms with Crippen LogP contribution < -0.4 is 4.74 Å². The molecule has 2 rings (SSSR count). The van der Waals surface area contributed by atoms with Crippen molar-refractivity contribution in [3.8, 4) is 5.75 Å². The molecule has 0 saturated heterocycles. The van der Waals surface area contributed by atoms with Gasteiger partial charge in [-0.05, 0) is 25.0 Å².